The lowest BCUT2D eigenvalue weighted by atomic mass is 10.2. The highest BCUT2D eigenvalue weighted by atomic mass is 32.2. The van der Waals surface area contributed by atoms with Gasteiger partial charge in [0.1, 0.15) is 12.4 Å². The molecule has 0 heterocycles. The van der Waals surface area contributed by atoms with Crippen molar-refractivity contribution in [3.8, 4) is 5.75 Å². The lowest BCUT2D eigenvalue weighted by molar-refractivity contribution is 0.0696. The van der Waals surface area contributed by atoms with Gasteiger partial charge in [-0.3, -0.25) is 4.21 Å². The van der Waals surface area contributed by atoms with Crippen LogP contribution in [0, 0.1) is 6.92 Å². The van der Waals surface area contributed by atoms with E-state index >= 15 is 0 Å². The second-order valence-corrected chi connectivity index (χ2v) is 6.12. The smallest absolute Gasteiger partial charge is 0.335 e. The summed E-state index contributed by atoms with van der Waals surface area (Å²) < 4.78 is 17.6. The molecule has 5 heteroatoms. The Morgan fingerprint density at radius 3 is 2.67 bits per heavy atom. The molecule has 4 nitrogen and oxygen atoms in total. The molecule has 21 heavy (non-hydrogen) atoms. The number of ether oxygens (including phenoxy) is 1. The molecule has 0 aliphatic heterocycles. The molecule has 0 aliphatic carbocycles. The van der Waals surface area contributed by atoms with Gasteiger partial charge >= 0.3 is 5.97 Å². The number of hydrogen-bond acceptors (Lipinski definition) is 3. The standard InChI is InChI=1S/C16H16O4S/c1-12-4-2-7-15(10-12)21(19)9-8-20-14-6-3-5-13(11-14)16(17)18/h2-7,10-11H,8-9H2,1H3,(H,17,18). The van der Waals surface area contributed by atoms with Gasteiger partial charge in [0.05, 0.1) is 22.1 Å². The Bertz CT molecular complexity index is 667. The fraction of sp³-hybridized carbons (Fsp3) is 0.188. The molecule has 0 saturated carbocycles. The fourth-order valence-electron chi connectivity index (χ4n) is 1.83. The molecule has 110 valence electrons. The number of carboxylic acid groups (broad SMARTS) is 1. The molecule has 0 spiro atoms. The van der Waals surface area contributed by atoms with Crippen LogP contribution in [0.25, 0.3) is 0 Å². The maximum Gasteiger partial charge on any atom is 0.335 e. The first-order valence-corrected chi connectivity index (χ1v) is 7.79. The van der Waals surface area contributed by atoms with Crippen LogP contribution in [0.5, 0.6) is 5.75 Å². The number of benzene rings is 2. The monoisotopic (exact) mass is 304 g/mol. The molecule has 0 amide bonds. The Hall–Kier alpha value is -2.14. The van der Waals surface area contributed by atoms with Crippen molar-refractivity contribution in [2.75, 3.05) is 12.4 Å². The summed E-state index contributed by atoms with van der Waals surface area (Å²) in [6.07, 6.45) is 0. The lowest BCUT2D eigenvalue weighted by Gasteiger charge is -2.07. The van der Waals surface area contributed by atoms with Crippen LogP contribution < -0.4 is 4.74 Å². The third kappa shape index (κ3) is 4.43. The second-order valence-electron chi connectivity index (χ2n) is 4.55. The van der Waals surface area contributed by atoms with Gasteiger partial charge in [-0.1, -0.05) is 18.2 Å². The number of hydrogen-bond donors (Lipinski definition) is 1. The highest BCUT2D eigenvalue weighted by Crippen LogP contribution is 2.14. The summed E-state index contributed by atoms with van der Waals surface area (Å²) in [6, 6.07) is 13.8. The number of carboxylic acids is 1. The van der Waals surface area contributed by atoms with Crippen molar-refractivity contribution in [2.24, 2.45) is 0 Å². The molecule has 0 bridgehead atoms. The van der Waals surface area contributed by atoms with Gasteiger partial charge in [0.2, 0.25) is 0 Å². The van der Waals surface area contributed by atoms with E-state index in [4.69, 9.17) is 9.84 Å². The van der Waals surface area contributed by atoms with Gasteiger partial charge in [-0.15, -0.1) is 0 Å². The molecule has 0 aromatic heterocycles. The molecule has 1 N–H and O–H groups in total. The number of aromatic carboxylic acids is 1. The van der Waals surface area contributed by atoms with Crippen molar-refractivity contribution in [1.29, 1.82) is 0 Å². The maximum atomic E-state index is 12.1. The van der Waals surface area contributed by atoms with Crippen molar-refractivity contribution in [2.45, 2.75) is 11.8 Å². The topological polar surface area (TPSA) is 63.6 Å². The van der Waals surface area contributed by atoms with Gasteiger partial charge in [0.15, 0.2) is 0 Å². The first-order valence-electron chi connectivity index (χ1n) is 6.47. The largest absolute Gasteiger partial charge is 0.493 e. The van der Waals surface area contributed by atoms with E-state index < -0.39 is 16.8 Å². The molecule has 0 radical (unpaired) electrons. The Kier molecular flexibility index (Phi) is 5.11. The van der Waals surface area contributed by atoms with E-state index in [1.54, 1.807) is 12.1 Å². The molecular formula is C16H16O4S. The molecule has 0 aliphatic rings. The summed E-state index contributed by atoms with van der Waals surface area (Å²) in [5.41, 5.74) is 1.24. The Morgan fingerprint density at radius 2 is 1.95 bits per heavy atom. The fourth-order valence-corrected chi connectivity index (χ4v) is 2.85. The summed E-state index contributed by atoms with van der Waals surface area (Å²) in [5.74, 6) is -0.166. The zero-order valence-electron chi connectivity index (χ0n) is 11.6. The molecule has 0 saturated heterocycles. The Labute approximate surface area is 125 Å². The van der Waals surface area contributed by atoms with Crippen molar-refractivity contribution in [1.82, 2.24) is 0 Å². The van der Waals surface area contributed by atoms with Crippen LogP contribution in [0.2, 0.25) is 0 Å². The maximum absolute atomic E-state index is 12.1. The van der Waals surface area contributed by atoms with Gasteiger partial charge in [-0.2, -0.15) is 0 Å². The molecule has 0 fully saturated rings. The summed E-state index contributed by atoms with van der Waals surface area (Å²) in [6.45, 7) is 2.22. The minimum atomic E-state index is -1.12. The van der Waals surface area contributed by atoms with Gasteiger partial charge < -0.3 is 9.84 Å². The normalized spacial score (nSPS) is 11.9. The van der Waals surface area contributed by atoms with Crippen LogP contribution in [0.4, 0.5) is 0 Å². The van der Waals surface area contributed by atoms with Crippen LogP contribution >= 0.6 is 0 Å². The average molecular weight is 304 g/mol. The van der Waals surface area contributed by atoms with E-state index in [1.807, 2.05) is 31.2 Å². The molecule has 2 rings (SSSR count). The Balaban J connectivity index is 1.91. The molecule has 1 atom stereocenters. The first-order chi connectivity index (χ1) is 10.1. The molecule has 2 aromatic rings. The highest BCUT2D eigenvalue weighted by molar-refractivity contribution is 7.85. The van der Waals surface area contributed by atoms with E-state index in [1.165, 1.54) is 12.1 Å². The molecule has 1 unspecified atom stereocenters. The van der Waals surface area contributed by atoms with Crippen molar-refractivity contribution in [3.05, 3.63) is 59.7 Å². The predicted octanol–water partition coefficient (Wildman–Crippen LogP) is 2.88. The number of aryl methyl sites for hydroxylation is 1. The van der Waals surface area contributed by atoms with E-state index in [0.29, 0.717) is 11.5 Å². The predicted molar refractivity (Wildman–Crippen MR) is 81.4 cm³/mol. The second kappa shape index (κ2) is 7.04. The zero-order valence-corrected chi connectivity index (χ0v) is 12.4. The average Bonchev–Trinajstić information content (AvgIpc) is 2.47. The lowest BCUT2D eigenvalue weighted by Crippen LogP contribution is -2.09. The SMILES string of the molecule is Cc1cccc(S(=O)CCOc2cccc(C(=O)O)c2)c1. The minimum Gasteiger partial charge on any atom is -0.493 e. The number of carbonyl (C=O) groups is 1. The van der Waals surface area contributed by atoms with Crippen LogP contribution in [0.15, 0.2) is 53.4 Å². The Morgan fingerprint density at radius 1 is 1.19 bits per heavy atom. The van der Waals surface area contributed by atoms with Gasteiger partial charge in [-0.05, 0) is 42.8 Å². The first kappa shape index (κ1) is 15.3. The van der Waals surface area contributed by atoms with E-state index in [9.17, 15) is 9.00 Å². The third-order valence-corrected chi connectivity index (χ3v) is 4.19. The van der Waals surface area contributed by atoms with Gasteiger partial charge in [-0.25, -0.2) is 4.79 Å². The summed E-state index contributed by atoms with van der Waals surface area (Å²) >= 11 is 0. The molecular weight excluding hydrogens is 288 g/mol. The summed E-state index contributed by atoms with van der Waals surface area (Å²) in [4.78, 5) is 11.6. The van der Waals surface area contributed by atoms with Crippen LogP contribution in [0.3, 0.4) is 0 Å². The van der Waals surface area contributed by atoms with Gasteiger partial charge in [0.25, 0.3) is 0 Å². The summed E-state index contributed by atoms with van der Waals surface area (Å²) in [7, 11) is -1.12. The third-order valence-electron chi connectivity index (χ3n) is 2.87. The highest BCUT2D eigenvalue weighted by Gasteiger charge is 2.06. The van der Waals surface area contributed by atoms with Crippen molar-refractivity contribution < 1.29 is 18.8 Å². The van der Waals surface area contributed by atoms with Crippen LogP contribution in [-0.2, 0) is 10.8 Å². The van der Waals surface area contributed by atoms with Gasteiger partial charge in [0, 0.05) is 4.90 Å². The van der Waals surface area contributed by atoms with Crippen molar-refractivity contribution >= 4 is 16.8 Å². The quantitative estimate of drug-likeness (QED) is 0.891. The van der Waals surface area contributed by atoms with E-state index in [-0.39, 0.29) is 12.2 Å². The van der Waals surface area contributed by atoms with E-state index in [0.717, 1.165) is 10.5 Å². The van der Waals surface area contributed by atoms with Crippen molar-refractivity contribution in [3.63, 3.8) is 0 Å². The van der Waals surface area contributed by atoms with Crippen LogP contribution in [-0.4, -0.2) is 27.6 Å². The molecule has 2 aromatic carbocycles. The zero-order chi connectivity index (χ0) is 15.2. The van der Waals surface area contributed by atoms with E-state index in [2.05, 4.69) is 0 Å². The minimum absolute atomic E-state index is 0.173. The van der Waals surface area contributed by atoms with Crippen LogP contribution in [0.1, 0.15) is 15.9 Å². The summed E-state index contributed by atoms with van der Waals surface area (Å²) in [5, 5.41) is 8.89. The number of rotatable bonds is 6.